The molecule has 0 radical (unpaired) electrons. The van der Waals surface area contributed by atoms with E-state index in [1.807, 2.05) is 48.2 Å². The van der Waals surface area contributed by atoms with Gasteiger partial charge in [0, 0.05) is 51.3 Å². The van der Waals surface area contributed by atoms with E-state index in [-0.39, 0.29) is 11.3 Å². The molecule has 1 aromatic carbocycles. The lowest BCUT2D eigenvalue weighted by atomic mass is 9.91. The fraction of sp³-hybridized carbons (Fsp3) is 0.591. The van der Waals surface area contributed by atoms with Crippen molar-refractivity contribution in [2.24, 2.45) is 5.41 Å². The van der Waals surface area contributed by atoms with E-state index in [1.54, 1.807) is 0 Å². The molecule has 0 spiro atoms. The number of aromatic nitrogens is 2. The molecule has 0 unspecified atom stereocenters. The first-order valence-electron chi connectivity index (χ1n) is 10.1. The fourth-order valence-electron chi connectivity index (χ4n) is 2.89. The first-order valence-corrected chi connectivity index (χ1v) is 10.1. The number of rotatable bonds is 9. The highest BCUT2D eigenvalue weighted by Crippen LogP contribution is 2.21. The summed E-state index contributed by atoms with van der Waals surface area (Å²) < 4.78 is 5.42. The Labute approximate surface area is 168 Å². The Balaban J connectivity index is 2.00. The van der Waals surface area contributed by atoms with Crippen molar-refractivity contribution in [1.82, 2.24) is 15.0 Å². The second-order valence-electron chi connectivity index (χ2n) is 8.67. The van der Waals surface area contributed by atoms with Gasteiger partial charge >= 0.3 is 0 Å². The minimum atomic E-state index is -0.0159. The number of unbranched alkanes of at least 4 members (excludes halogenated alkanes) is 1. The first kappa shape index (κ1) is 21.9. The average Bonchev–Trinajstić information content (AvgIpc) is 3.09. The van der Waals surface area contributed by atoms with Crippen LogP contribution in [0.15, 0.2) is 28.8 Å². The maximum absolute atomic E-state index is 12.7. The SMILES string of the molecule is CCCCN(CCc1nc(-c2ccc(N(C)C)cc2)no1)C(=O)CC(C)(C)C. The minimum absolute atomic E-state index is 0.0159. The molecule has 6 nitrogen and oxygen atoms in total. The predicted octanol–water partition coefficient (Wildman–Crippen LogP) is 4.41. The number of carbonyl (C=O) groups excluding carboxylic acids is 1. The van der Waals surface area contributed by atoms with Gasteiger partial charge in [0.25, 0.3) is 0 Å². The summed E-state index contributed by atoms with van der Waals surface area (Å²) in [6.07, 6.45) is 3.18. The summed E-state index contributed by atoms with van der Waals surface area (Å²) in [5.41, 5.74) is 2.03. The maximum Gasteiger partial charge on any atom is 0.228 e. The molecule has 2 aromatic rings. The molecule has 0 saturated carbocycles. The van der Waals surface area contributed by atoms with Gasteiger partial charge in [-0.25, -0.2) is 0 Å². The van der Waals surface area contributed by atoms with Crippen LogP contribution in [0.2, 0.25) is 0 Å². The molecule has 154 valence electrons. The molecule has 0 aliphatic carbocycles. The molecule has 0 N–H and O–H groups in total. The molecule has 0 aliphatic heterocycles. The van der Waals surface area contributed by atoms with E-state index >= 15 is 0 Å². The topological polar surface area (TPSA) is 62.5 Å². The van der Waals surface area contributed by atoms with Crippen LogP contribution in [-0.2, 0) is 11.2 Å². The Hall–Kier alpha value is -2.37. The van der Waals surface area contributed by atoms with Gasteiger partial charge in [0.05, 0.1) is 0 Å². The number of carbonyl (C=O) groups is 1. The van der Waals surface area contributed by atoms with Gasteiger partial charge in [0.15, 0.2) is 0 Å². The van der Waals surface area contributed by atoms with Crippen LogP contribution < -0.4 is 4.90 Å². The van der Waals surface area contributed by atoms with E-state index in [9.17, 15) is 4.79 Å². The fourth-order valence-corrected chi connectivity index (χ4v) is 2.89. The van der Waals surface area contributed by atoms with Crippen LogP contribution >= 0.6 is 0 Å². The molecule has 0 saturated heterocycles. The van der Waals surface area contributed by atoms with Gasteiger partial charge in [0.1, 0.15) is 0 Å². The molecule has 1 amide bonds. The van der Waals surface area contributed by atoms with Gasteiger partial charge in [0.2, 0.25) is 17.6 Å². The van der Waals surface area contributed by atoms with Crippen molar-refractivity contribution in [1.29, 1.82) is 0 Å². The molecule has 6 heteroatoms. The number of anilines is 1. The molecule has 0 bridgehead atoms. The van der Waals surface area contributed by atoms with E-state index in [0.717, 1.165) is 30.6 Å². The Morgan fingerprint density at radius 3 is 2.36 bits per heavy atom. The standard InChI is InChI=1S/C22H34N4O2/c1-7-8-14-26(20(27)16-22(2,3)4)15-13-19-23-21(24-28-19)17-9-11-18(12-10-17)25(5)6/h9-12H,7-8,13-16H2,1-6H3. The number of nitrogens with zero attached hydrogens (tertiary/aromatic N) is 4. The van der Waals surface area contributed by atoms with E-state index in [4.69, 9.17) is 4.52 Å². The van der Waals surface area contributed by atoms with Gasteiger partial charge in [-0.3, -0.25) is 4.79 Å². The normalized spacial score (nSPS) is 11.5. The van der Waals surface area contributed by atoms with E-state index in [2.05, 4.69) is 37.8 Å². The summed E-state index contributed by atoms with van der Waals surface area (Å²) in [4.78, 5) is 21.1. The zero-order valence-electron chi connectivity index (χ0n) is 18.2. The molecule has 1 heterocycles. The second-order valence-corrected chi connectivity index (χ2v) is 8.67. The Kier molecular flexibility index (Phi) is 7.61. The van der Waals surface area contributed by atoms with Crippen molar-refractivity contribution in [3.05, 3.63) is 30.2 Å². The summed E-state index contributed by atoms with van der Waals surface area (Å²) in [7, 11) is 4.01. The molecule has 0 aliphatic rings. The number of benzene rings is 1. The Bertz CT molecular complexity index is 745. The number of amides is 1. The minimum Gasteiger partial charge on any atom is -0.378 e. The van der Waals surface area contributed by atoms with Crippen molar-refractivity contribution >= 4 is 11.6 Å². The highest BCUT2D eigenvalue weighted by Gasteiger charge is 2.21. The van der Waals surface area contributed by atoms with Gasteiger partial charge < -0.3 is 14.3 Å². The van der Waals surface area contributed by atoms with E-state index in [1.165, 1.54) is 0 Å². The van der Waals surface area contributed by atoms with Crippen LogP contribution in [0.3, 0.4) is 0 Å². The third kappa shape index (κ3) is 6.66. The largest absolute Gasteiger partial charge is 0.378 e. The second kappa shape index (κ2) is 9.71. The van der Waals surface area contributed by atoms with Crippen molar-refractivity contribution in [2.45, 2.75) is 53.4 Å². The molecule has 28 heavy (non-hydrogen) atoms. The van der Waals surface area contributed by atoms with Crippen molar-refractivity contribution < 1.29 is 9.32 Å². The Morgan fingerprint density at radius 1 is 1.11 bits per heavy atom. The molecular weight excluding hydrogens is 352 g/mol. The first-order chi connectivity index (χ1) is 13.2. The Morgan fingerprint density at radius 2 is 1.79 bits per heavy atom. The molecular formula is C22H34N4O2. The molecule has 1 aromatic heterocycles. The monoisotopic (exact) mass is 386 g/mol. The van der Waals surface area contributed by atoms with Crippen LogP contribution in [0.5, 0.6) is 0 Å². The third-order valence-corrected chi connectivity index (χ3v) is 4.52. The summed E-state index contributed by atoms with van der Waals surface area (Å²) in [6, 6.07) is 8.04. The van der Waals surface area contributed by atoms with Gasteiger partial charge in [-0.05, 0) is 36.1 Å². The summed E-state index contributed by atoms with van der Waals surface area (Å²) >= 11 is 0. The van der Waals surface area contributed by atoms with Crippen LogP contribution in [0.4, 0.5) is 5.69 Å². The number of hydrogen-bond acceptors (Lipinski definition) is 5. The van der Waals surface area contributed by atoms with E-state index in [0.29, 0.717) is 31.1 Å². The predicted molar refractivity (Wildman–Crippen MR) is 113 cm³/mol. The quantitative estimate of drug-likeness (QED) is 0.639. The van der Waals surface area contributed by atoms with Crippen molar-refractivity contribution in [3.63, 3.8) is 0 Å². The highest BCUT2D eigenvalue weighted by molar-refractivity contribution is 5.76. The van der Waals surface area contributed by atoms with Gasteiger partial charge in [-0.1, -0.05) is 39.3 Å². The summed E-state index contributed by atoms with van der Waals surface area (Å²) in [6.45, 7) is 9.80. The zero-order valence-corrected chi connectivity index (χ0v) is 18.2. The average molecular weight is 387 g/mol. The van der Waals surface area contributed by atoms with Crippen LogP contribution in [0, 0.1) is 5.41 Å². The van der Waals surface area contributed by atoms with Gasteiger partial charge in [-0.15, -0.1) is 0 Å². The smallest absolute Gasteiger partial charge is 0.228 e. The highest BCUT2D eigenvalue weighted by atomic mass is 16.5. The lowest BCUT2D eigenvalue weighted by molar-refractivity contribution is -0.133. The molecule has 2 rings (SSSR count). The van der Waals surface area contributed by atoms with Gasteiger partial charge in [-0.2, -0.15) is 4.98 Å². The zero-order chi connectivity index (χ0) is 20.7. The third-order valence-electron chi connectivity index (χ3n) is 4.52. The molecule has 0 fully saturated rings. The van der Waals surface area contributed by atoms with E-state index < -0.39 is 0 Å². The van der Waals surface area contributed by atoms with Crippen LogP contribution in [-0.4, -0.2) is 48.1 Å². The number of hydrogen-bond donors (Lipinski definition) is 0. The lowest BCUT2D eigenvalue weighted by Gasteiger charge is -2.26. The van der Waals surface area contributed by atoms with Crippen molar-refractivity contribution in [2.75, 3.05) is 32.1 Å². The van der Waals surface area contributed by atoms with Crippen LogP contribution in [0.1, 0.15) is 52.8 Å². The van der Waals surface area contributed by atoms with Crippen LogP contribution in [0.25, 0.3) is 11.4 Å². The molecule has 0 atom stereocenters. The maximum atomic E-state index is 12.7. The lowest BCUT2D eigenvalue weighted by Crippen LogP contribution is -2.36. The summed E-state index contributed by atoms with van der Waals surface area (Å²) in [5, 5.41) is 4.10. The van der Waals surface area contributed by atoms with Crippen molar-refractivity contribution in [3.8, 4) is 11.4 Å². The summed E-state index contributed by atoms with van der Waals surface area (Å²) in [5.74, 6) is 1.35.